The summed E-state index contributed by atoms with van der Waals surface area (Å²) in [6, 6.07) is 7.64. The fourth-order valence-electron chi connectivity index (χ4n) is 1.45. The van der Waals surface area contributed by atoms with Crippen LogP contribution in [0.25, 0.3) is 0 Å². The Morgan fingerprint density at radius 1 is 1.28 bits per heavy atom. The average Bonchev–Trinajstić information content (AvgIpc) is 2.15. The third-order valence-corrected chi connectivity index (χ3v) is 2.13. The van der Waals surface area contributed by atoms with Crippen molar-refractivity contribution in [1.29, 1.82) is 0 Å². The molecule has 0 bridgehead atoms. The maximum atomic E-state index is 11.4. The number of amides is 1. The molecule has 5 heteroatoms. The van der Waals surface area contributed by atoms with Gasteiger partial charge in [0.25, 0.3) is 0 Å². The topological polar surface area (TPSA) is 29.5 Å². The Bertz CT molecular complexity index is 400. The summed E-state index contributed by atoms with van der Waals surface area (Å²) in [7, 11) is 9.70. The van der Waals surface area contributed by atoms with Gasteiger partial charge in [0.15, 0.2) is 0 Å². The van der Waals surface area contributed by atoms with Gasteiger partial charge in [0, 0.05) is 19.7 Å². The summed E-state index contributed by atoms with van der Waals surface area (Å²) in [5.74, 6) is 0.592. The van der Waals surface area contributed by atoms with Gasteiger partial charge >= 0.3 is 6.09 Å². The van der Waals surface area contributed by atoms with Crippen LogP contribution < -0.4 is 21.7 Å². The number of halogens is 1. The fraction of sp³-hybridized carbons (Fsp3) is 0.462. The molecule has 0 aliphatic rings. The minimum atomic E-state index is -0.354. The first-order valence-electron chi connectivity index (χ1n) is 5.56. The van der Waals surface area contributed by atoms with Gasteiger partial charge in [-0.3, -0.25) is 0 Å². The van der Waals surface area contributed by atoms with Gasteiger partial charge in [0.1, 0.15) is 12.3 Å². The number of quaternary nitrogens is 1. The van der Waals surface area contributed by atoms with Gasteiger partial charge in [-0.2, -0.15) is 0 Å². The van der Waals surface area contributed by atoms with E-state index in [0.29, 0.717) is 5.75 Å². The number of nitrogens with zero attached hydrogens (tertiary/aromatic N) is 2. The Labute approximate surface area is 120 Å². The zero-order valence-corrected chi connectivity index (χ0v) is 13.2. The molecule has 1 aromatic carbocycles. The molecule has 0 aromatic heterocycles. The van der Waals surface area contributed by atoms with E-state index < -0.39 is 0 Å². The van der Waals surface area contributed by atoms with E-state index in [1.807, 2.05) is 18.2 Å². The van der Waals surface area contributed by atoms with E-state index in [-0.39, 0.29) is 23.1 Å². The number of rotatable bonds is 3. The van der Waals surface area contributed by atoms with Crippen LogP contribution in [0.15, 0.2) is 24.3 Å². The van der Waals surface area contributed by atoms with Gasteiger partial charge in [-0.05, 0) is 12.1 Å². The SMILES string of the molecule is CN(C)C(=O)Oc1cccc(C[N+](C)(C)C)c1.[Br-]. The van der Waals surface area contributed by atoms with Gasteiger partial charge < -0.3 is 31.1 Å². The molecule has 0 aliphatic heterocycles. The summed E-state index contributed by atoms with van der Waals surface area (Å²) in [6.07, 6.45) is -0.354. The predicted molar refractivity (Wildman–Crippen MR) is 67.9 cm³/mol. The van der Waals surface area contributed by atoms with Crippen LogP contribution >= 0.6 is 0 Å². The summed E-state index contributed by atoms with van der Waals surface area (Å²) in [5, 5.41) is 0. The quantitative estimate of drug-likeness (QED) is 0.667. The van der Waals surface area contributed by atoms with E-state index in [9.17, 15) is 4.79 Å². The number of ether oxygens (including phenoxy) is 1. The molecule has 0 N–H and O–H groups in total. The number of benzene rings is 1. The van der Waals surface area contributed by atoms with E-state index >= 15 is 0 Å². The number of hydrogen-bond donors (Lipinski definition) is 0. The van der Waals surface area contributed by atoms with E-state index in [2.05, 4.69) is 21.1 Å². The first kappa shape index (κ1) is 16.9. The van der Waals surface area contributed by atoms with Crippen LogP contribution in [0.3, 0.4) is 0 Å². The lowest BCUT2D eigenvalue weighted by Crippen LogP contribution is -3.00. The molecule has 0 spiro atoms. The van der Waals surface area contributed by atoms with E-state index in [1.54, 1.807) is 20.2 Å². The van der Waals surface area contributed by atoms with Crippen LogP contribution in [0.2, 0.25) is 0 Å². The van der Waals surface area contributed by atoms with Crippen molar-refractivity contribution in [3.63, 3.8) is 0 Å². The number of hydrogen-bond acceptors (Lipinski definition) is 2. The Balaban J connectivity index is 0.00000289. The zero-order valence-electron chi connectivity index (χ0n) is 11.6. The molecular weight excluding hydrogens is 296 g/mol. The van der Waals surface area contributed by atoms with Gasteiger partial charge in [-0.15, -0.1) is 0 Å². The van der Waals surface area contributed by atoms with Gasteiger partial charge in [0.2, 0.25) is 0 Å². The Kier molecular flexibility index (Phi) is 6.35. The molecule has 1 rings (SSSR count). The summed E-state index contributed by atoms with van der Waals surface area (Å²) in [4.78, 5) is 12.8. The number of carbonyl (C=O) groups is 1. The lowest BCUT2D eigenvalue weighted by molar-refractivity contribution is -0.884. The average molecular weight is 317 g/mol. The molecule has 0 fully saturated rings. The largest absolute Gasteiger partial charge is 1.00 e. The van der Waals surface area contributed by atoms with Crippen molar-refractivity contribution in [2.45, 2.75) is 6.54 Å². The van der Waals surface area contributed by atoms with Crippen LogP contribution in [-0.2, 0) is 6.54 Å². The van der Waals surface area contributed by atoms with Crippen LogP contribution in [0.4, 0.5) is 4.79 Å². The highest BCUT2D eigenvalue weighted by Gasteiger charge is 2.11. The van der Waals surface area contributed by atoms with Crippen LogP contribution in [0.1, 0.15) is 5.56 Å². The predicted octanol–water partition coefficient (Wildman–Crippen LogP) is -1.04. The highest BCUT2D eigenvalue weighted by Crippen LogP contribution is 2.16. The first-order chi connectivity index (χ1) is 7.78. The Morgan fingerprint density at radius 2 is 1.89 bits per heavy atom. The normalized spacial score (nSPS) is 10.5. The van der Waals surface area contributed by atoms with E-state index in [4.69, 9.17) is 4.74 Å². The van der Waals surface area contributed by atoms with Crippen molar-refractivity contribution in [2.75, 3.05) is 35.2 Å². The second-order valence-electron chi connectivity index (χ2n) is 5.36. The Morgan fingerprint density at radius 3 is 2.39 bits per heavy atom. The monoisotopic (exact) mass is 316 g/mol. The van der Waals surface area contributed by atoms with Crippen molar-refractivity contribution in [2.24, 2.45) is 0 Å². The summed E-state index contributed by atoms with van der Waals surface area (Å²) in [6.45, 7) is 0.896. The summed E-state index contributed by atoms with van der Waals surface area (Å²) >= 11 is 0. The standard InChI is InChI=1S/C13H21N2O2.BrH/c1-14(2)13(16)17-12-8-6-7-11(9-12)10-15(3,4)5;/h6-9H,10H2,1-5H3;1H/q+1;/p-1. The van der Waals surface area contributed by atoms with Gasteiger partial charge in [-0.1, -0.05) is 12.1 Å². The Hall–Kier alpha value is -1.07. The van der Waals surface area contributed by atoms with Crippen LogP contribution in [-0.4, -0.2) is 50.7 Å². The van der Waals surface area contributed by atoms with Gasteiger partial charge in [0.05, 0.1) is 21.1 Å². The first-order valence-corrected chi connectivity index (χ1v) is 5.56. The highest BCUT2D eigenvalue weighted by atomic mass is 79.9. The molecule has 0 aliphatic carbocycles. The molecule has 102 valence electrons. The van der Waals surface area contributed by atoms with Crippen molar-refractivity contribution in [1.82, 2.24) is 4.90 Å². The molecule has 4 nitrogen and oxygen atoms in total. The maximum absolute atomic E-state index is 11.4. The second-order valence-corrected chi connectivity index (χ2v) is 5.36. The molecule has 1 amide bonds. The van der Waals surface area contributed by atoms with Crippen molar-refractivity contribution < 1.29 is 31.0 Å². The molecule has 0 unspecified atom stereocenters. The van der Waals surface area contributed by atoms with Crippen LogP contribution in [0.5, 0.6) is 5.75 Å². The second kappa shape index (κ2) is 6.75. The maximum Gasteiger partial charge on any atom is 0.414 e. The fourth-order valence-corrected chi connectivity index (χ4v) is 1.45. The molecular formula is C13H21BrN2O2. The minimum absolute atomic E-state index is 0. The van der Waals surface area contributed by atoms with Crippen molar-refractivity contribution in [3.05, 3.63) is 29.8 Å². The molecule has 0 saturated heterocycles. The van der Waals surface area contributed by atoms with Crippen molar-refractivity contribution >= 4 is 6.09 Å². The summed E-state index contributed by atoms with van der Waals surface area (Å²) in [5.41, 5.74) is 1.15. The van der Waals surface area contributed by atoms with E-state index in [1.165, 1.54) is 4.90 Å². The van der Waals surface area contributed by atoms with Crippen LogP contribution in [0, 0.1) is 0 Å². The molecule has 0 saturated carbocycles. The van der Waals surface area contributed by atoms with Gasteiger partial charge in [-0.25, -0.2) is 4.79 Å². The summed E-state index contributed by atoms with van der Waals surface area (Å²) < 4.78 is 6.05. The lowest BCUT2D eigenvalue weighted by Gasteiger charge is -2.24. The smallest absolute Gasteiger partial charge is 0.414 e. The third kappa shape index (κ3) is 6.02. The minimum Gasteiger partial charge on any atom is -1.00 e. The molecule has 18 heavy (non-hydrogen) atoms. The van der Waals surface area contributed by atoms with Crippen molar-refractivity contribution in [3.8, 4) is 5.75 Å². The highest BCUT2D eigenvalue weighted by molar-refractivity contribution is 5.69. The molecule has 1 aromatic rings. The number of carbonyl (C=O) groups excluding carboxylic acids is 1. The third-order valence-electron chi connectivity index (χ3n) is 2.13. The molecule has 0 heterocycles. The van der Waals surface area contributed by atoms with E-state index in [0.717, 1.165) is 16.6 Å². The lowest BCUT2D eigenvalue weighted by atomic mass is 10.2. The molecule has 0 radical (unpaired) electrons. The molecule has 0 atom stereocenters. The zero-order chi connectivity index (χ0) is 13.1.